The molecule has 2 atom stereocenters. The number of aryl methyl sites for hydroxylation is 1. The SMILES string of the molecule is COCC(C)C1(CNC(C)(C)C)CCCc2ccccc21. The minimum atomic E-state index is 0.145. The Balaban J connectivity index is 2.37. The second kappa shape index (κ2) is 6.50. The Labute approximate surface area is 130 Å². The highest BCUT2D eigenvalue weighted by Gasteiger charge is 2.41. The summed E-state index contributed by atoms with van der Waals surface area (Å²) in [7, 11) is 1.82. The van der Waals surface area contributed by atoms with Crippen molar-refractivity contribution in [3.63, 3.8) is 0 Å². The number of fused-ring (bicyclic) bond motifs is 1. The van der Waals surface area contributed by atoms with Gasteiger partial charge in [0.25, 0.3) is 0 Å². The first kappa shape index (κ1) is 16.5. The molecular weight excluding hydrogens is 258 g/mol. The second-order valence-electron chi connectivity index (χ2n) is 7.63. The Hall–Kier alpha value is -0.860. The van der Waals surface area contributed by atoms with Gasteiger partial charge in [0, 0.05) is 31.2 Å². The summed E-state index contributed by atoms with van der Waals surface area (Å²) < 4.78 is 5.50. The molecule has 118 valence electrons. The van der Waals surface area contributed by atoms with Gasteiger partial charge < -0.3 is 10.1 Å². The Kier molecular flexibility index (Phi) is 5.11. The summed E-state index contributed by atoms with van der Waals surface area (Å²) in [4.78, 5) is 0. The molecule has 1 N–H and O–H groups in total. The maximum Gasteiger partial charge on any atom is 0.0496 e. The quantitative estimate of drug-likeness (QED) is 0.886. The lowest BCUT2D eigenvalue weighted by Crippen LogP contribution is -2.51. The zero-order valence-corrected chi connectivity index (χ0v) is 14.3. The second-order valence-corrected chi connectivity index (χ2v) is 7.63. The van der Waals surface area contributed by atoms with Gasteiger partial charge >= 0.3 is 0 Å². The van der Waals surface area contributed by atoms with Gasteiger partial charge in [-0.3, -0.25) is 0 Å². The van der Waals surface area contributed by atoms with Crippen LogP contribution in [0.5, 0.6) is 0 Å². The van der Waals surface area contributed by atoms with Gasteiger partial charge in [0.1, 0.15) is 0 Å². The summed E-state index contributed by atoms with van der Waals surface area (Å²) in [5.74, 6) is 0.513. The molecule has 0 bridgehead atoms. The van der Waals surface area contributed by atoms with Crippen LogP contribution in [0, 0.1) is 5.92 Å². The largest absolute Gasteiger partial charge is 0.384 e. The van der Waals surface area contributed by atoms with Crippen LogP contribution in [0.4, 0.5) is 0 Å². The first-order valence-electron chi connectivity index (χ1n) is 8.21. The fourth-order valence-electron chi connectivity index (χ4n) is 3.66. The van der Waals surface area contributed by atoms with Crippen LogP contribution >= 0.6 is 0 Å². The maximum absolute atomic E-state index is 5.50. The van der Waals surface area contributed by atoms with Gasteiger partial charge in [0.15, 0.2) is 0 Å². The third-order valence-electron chi connectivity index (χ3n) is 4.92. The Morgan fingerprint density at radius 1 is 1.29 bits per heavy atom. The molecule has 0 radical (unpaired) electrons. The fourth-order valence-corrected chi connectivity index (χ4v) is 3.66. The highest BCUT2D eigenvalue weighted by atomic mass is 16.5. The summed E-state index contributed by atoms with van der Waals surface area (Å²) in [5.41, 5.74) is 3.41. The molecule has 0 aliphatic heterocycles. The molecule has 0 saturated carbocycles. The highest BCUT2D eigenvalue weighted by molar-refractivity contribution is 5.38. The van der Waals surface area contributed by atoms with Crippen LogP contribution in [0.2, 0.25) is 0 Å². The molecule has 0 aromatic heterocycles. The van der Waals surface area contributed by atoms with E-state index in [2.05, 4.69) is 57.3 Å². The lowest BCUT2D eigenvalue weighted by Gasteiger charge is -2.45. The summed E-state index contributed by atoms with van der Waals surface area (Å²) >= 11 is 0. The molecule has 21 heavy (non-hydrogen) atoms. The van der Waals surface area contributed by atoms with E-state index in [1.54, 1.807) is 0 Å². The summed E-state index contributed by atoms with van der Waals surface area (Å²) in [6, 6.07) is 9.01. The molecule has 2 rings (SSSR count). The van der Waals surface area contributed by atoms with Gasteiger partial charge in [-0.05, 0) is 57.1 Å². The van der Waals surface area contributed by atoms with Crippen molar-refractivity contribution in [2.75, 3.05) is 20.3 Å². The molecule has 1 aliphatic rings. The van der Waals surface area contributed by atoms with Gasteiger partial charge in [-0.2, -0.15) is 0 Å². The molecule has 0 saturated heterocycles. The molecule has 1 aromatic rings. The van der Waals surface area contributed by atoms with Crippen LogP contribution in [-0.4, -0.2) is 25.8 Å². The highest BCUT2D eigenvalue weighted by Crippen LogP contribution is 2.43. The van der Waals surface area contributed by atoms with Crippen LogP contribution in [0.1, 0.15) is 51.7 Å². The number of nitrogens with one attached hydrogen (secondary N) is 1. The van der Waals surface area contributed by atoms with Crippen molar-refractivity contribution in [2.24, 2.45) is 5.92 Å². The topological polar surface area (TPSA) is 21.3 Å². The predicted molar refractivity (Wildman–Crippen MR) is 89.9 cm³/mol. The van der Waals surface area contributed by atoms with Crippen molar-refractivity contribution < 1.29 is 4.74 Å². The average molecular weight is 289 g/mol. The fraction of sp³-hybridized carbons (Fsp3) is 0.684. The molecule has 1 aromatic carbocycles. The van der Waals surface area contributed by atoms with Crippen LogP contribution in [-0.2, 0) is 16.6 Å². The van der Waals surface area contributed by atoms with E-state index < -0.39 is 0 Å². The Bertz CT molecular complexity index is 463. The monoisotopic (exact) mass is 289 g/mol. The lowest BCUT2D eigenvalue weighted by molar-refractivity contribution is 0.0980. The number of benzene rings is 1. The van der Waals surface area contributed by atoms with Crippen LogP contribution in [0.3, 0.4) is 0 Å². The number of methoxy groups -OCH3 is 1. The van der Waals surface area contributed by atoms with Crippen LogP contribution in [0.15, 0.2) is 24.3 Å². The van der Waals surface area contributed by atoms with Crippen molar-refractivity contribution in [1.82, 2.24) is 5.32 Å². The molecular formula is C19H31NO. The van der Waals surface area contributed by atoms with E-state index in [0.717, 1.165) is 13.2 Å². The summed E-state index contributed by atoms with van der Waals surface area (Å²) in [5, 5.41) is 3.76. The van der Waals surface area contributed by atoms with E-state index in [4.69, 9.17) is 4.74 Å². The normalized spacial score (nSPS) is 23.7. The lowest BCUT2D eigenvalue weighted by atomic mass is 9.63. The van der Waals surface area contributed by atoms with Crippen molar-refractivity contribution in [3.8, 4) is 0 Å². The van der Waals surface area contributed by atoms with Gasteiger partial charge in [0.05, 0.1) is 0 Å². The van der Waals surface area contributed by atoms with Gasteiger partial charge in [-0.15, -0.1) is 0 Å². The number of hydrogen-bond acceptors (Lipinski definition) is 2. The van der Waals surface area contributed by atoms with E-state index in [1.165, 1.54) is 30.4 Å². The van der Waals surface area contributed by atoms with Crippen molar-refractivity contribution in [3.05, 3.63) is 35.4 Å². The van der Waals surface area contributed by atoms with Crippen molar-refractivity contribution in [1.29, 1.82) is 0 Å². The van der Waals surface area contributed by atoms with Gasteiger partial charge in [0.2, 0.25) is 0 Å². The standard InChI is InChI=1S/C19H31NO/c1-15(13-21-5)19(14-20-18(2,3)4)12-8-10-16-9-6-7-11-17(16)19/h6-7,9,11,15,20H,8,10,12-14H2,1-5H3. The van der Waals surface area contributed by atoms with Crippen molar-refractivity contribution >= 4 is 0 Å². The number of ether oxygens (including phenoxy) is 1. The molecule has 0 amide bonds. The van der Waals surface area contributed by atoms with Crippen molar-refractivity contribution in [2.45, 2.75) is 57.9 Å². The number of hydrogen-bond donors (Lipinski definition) is 1. The molecule has 0 spiro atoms. The molecule has 2 heteroatoms. The average Bonchev–Trinajstić information content (AvgIpc) is 2.44. The third kappa shape index (κ3) is 3.67. The maximum atomic E-state index is 5.50. The summed E-state index contributed by atoms with van der Waals surface area (Å²) in [6.45, 7) is 10.9. The zero-order valence-electron chi connectivity index (χ0n) is 14.3. The molecule has 0 heterocycles. The van der Waals surface area contributed by atoms with Gasteiger partial charge in [-0.25, -0.2) is 0 Å². The van der Waals surface area contributed by atoms with E-state index in [-0.39, 0.29) is 11.0 Å². The minimum Gasteiger partial charge on any atom is -0.384 e. The molecule has 0 fully saturated rings. The molecule has 2 nitrogen and oxygen atoms in total. The van der Waals surface area contributed by atoms with Gasteiger partial charge in [-0.1, -0.05) is 31.2 Å². The Morgan fingerprint density at radius 2 is 2.00 bits per heavy atom. The van der Waals surface area contributed by atoms with E-state index in [1.807, 2.05) is 7.11 Å². The first-order chi connectivity index (χ1) is 9.89. The molecule has 2 unspecified atom stereocenters. The minimum absolute atomic E-state index is 0.145. The smallest absolute Gasteiger partial charge is 0.0496 e. The molecule has 1 aliphatic carbocycles. The Morgan fingerprint density at radius 3 is 2.67 bits per heavy atom. The van der Waals surface area contributed by atoms with E-state index >= 15 is 0 Å². The summed E-state index contributed by atoms with van der Waals surface area (Å²) in [6.07, 6.45) is 3.74. The third-order valence-corrected chi connectivity index (χ3v) is 4.92. The van der Waals surface area contributed by atoms with E-state index in [9.17, 15) is 0 Å². The first-order valence-corrected chi connectivity index (χ1v) is 8.21. The van der Waals surface area contributed by atoms with Crippen LogP contribution < -0.4 is 5.32 Å². The zero-order chi connectivity index (χ0) is 15.5. The van der Waals surface area contributed by atoms with E-state index in [0.29, 0.717) is 5.92 Å². The predicted octanol–water partition coefficient (Wildman–Crippen LogP) is 3.93. The number of rotatable bonds is 5. The van der Waals surface area contributed by atoms with Crippen LogP contribution in [0.25, 0.3) is 0 Å².